The Hall–Kier alpha value is -3.75. The SMILES string of the molecule is Cc1cccc(N2C(=O)NC(=O)[C@@]3(Cc4cc([N+](=O)[O-])ccc4N4CCCCC[C@H]43)C2=O)c1. The van der Waals surface area contributed by atoms with Crippen molar-refractivity contribution < 1.29 is 19.3 Å². The molecule has 3 aliphatic heterocycles. The molecule has 4 amide bonds. The van der Waals surface area contributed by atoms with Crippen molar-refractivity contribution in [3.63, 3.8) is 0 Å². The van der Waals surface area contributed by atoms with Crippen LogP contribution >= 0.6 is 0 Å². The predicted octanol–water partition coefficient (Wildman–Crippen LogP) is 3.48. The number of hydrogen-bond acceptors (Lipinski definition) is 6. The molecule has 3 heterocycles. The number of carbonyl (C=O) groups is 3. The number of nitro groups is 1. The summed E-state index contributed by atoms with van der Waals surface area (Å²) in [6.07, 6.45) is 3.32. The van der Waals surface area contributed by atoms with E-state index in [9.17, 15) is 24.5 Å². The number of imide groups is 2. The van der Waals surface area contributed by atoms with Crippen molar-refractivity contribution in [1.29, 1.82) is 0 Å². The topological polar surface area (TPSA) is 113 Å². The number of rotatable bonds is 2. The van der Waals surface area contributed by atoms with Gasteiger partial charge in [-0.3, -0.25) is 25.0 Å². The number of urea groups is 1. The lowest BCUT2D eigenvalue weighted by molar-refractivity contribution is -0.384. The molecule has 9 nitrogen and oxygen atoms in total. The Bertz CT molecular complexity index is 1200. The summed E-state index contributed by atoms with van der Waals surface area (Å²) in [5.74, 6) is -1.20. The first-order valence-corrected chi connectivity index (χ1v) is 11.1. The number of barbiturate groups is 1. The van der Waals surface area contributed by atoms with Gasteiger partial charge >= 0.3 is 6.03 Å². The van der Waals surface area contributed by atoms with Gasteiger partial charge in [-0.25, -0.2) is 9.69 Å². The summed E-state index contributed by atoms with van der Waals surface area (Å²) in [6.45, 7) is 2.50. The number of hydrogen-bond donors (Lipinski definition) is 1. The molecule has 170 valence electrons. The highest BCUT2D eigenvalue weighted by molar-refractivity contribution is 6.30. The molecule has 0 aliphatic carbocycles. The Morgan fingerprint density at radius 3 is 2.67 bits per heavy atom. The quantitative estimate of drug-likeness (QED) is 0.428. The average Bonchev–Trinajstić information content (AvgIpc) is 3.04. The Kier molecular flexibility index (Phi) is 4.92. The van der Waals surface area contributed by atoms with Crippen molar-refractivity contribution in [1.82, 2.24) is 5.32 Å². The first kappa shape index (κ1) is 21.1. The van der Waals surface area contributed by atoms with Gasteiger partial charge < -0.3 is 4.90 Å². The highest BCUT2D eigenvalue weighted by atomic mass is 16.6. The molecule has 5 rings (SSSR count). The van der Waals surface area contributed by atoms with Gasteiger partial charge in [-0.15, -0.1) is 0 Å². The number of anilines is 2. The minimum Gasteiger partial charge on any atom is -0.367 e. The van der Waals surface area contributed by atoms with Crippen LogP contribution < -0.4 is 15.1 Å². The minimum atomic E-state index is -1.55. The van der Waals surface area contributed by atoms with Gasteiger partial charge in [-0.2, -0.15) is 0 Å². The van der Waals surface area contributed by atoms with Gasteiger partial charge in [0.1, 0.15) is 0 Å². The molecule has 2 fully saturated rings. The van der Waals surface area contributed by atoms with Crippen LogP contribution in [0.1, 0.15) is 36.8 Å². The Labute approximate surface area is 190 Å². The largest absolute Gasteiger partial charge is 0.367 e. The summed E-state index contributed by atoms with van der Waals surface area (Å²) in [4.78, 5) is 54.5. The van der Waals surface area contributed by atoms with E-state index in [1.165, 1.54) is 12.1 Å². The van der Waals surface area contributed by atoms with Crippen LogP contribution in [-0.2, 0) is 16.0 Å². The smallest absolute Gasteiger partial charge is 0.335 e. The monoisotopic (exact) mass is 448 g/mol. The van der Waals surface area contributed by atoms with Crippen molar-refractivity contribution in [2.24, 2.45) is 5.41 Å². The van der Waals surface area contributed by atoms with Gasteiger partial charge in [-0.05, 0) is 49.1 Å². The van der Waals surface area contributed by atoms with Crippen LogP contribution in [0.15, 0.2) is 42.5 Å². The van der Waals surface area contributed by atoms with Crippen LogP contribution in [0.25, 0.3) is 0 Å². The van der Waals surface area contributed by atoms with Crippen molar-refractivity contribution in [2.75, 3.05) is 16.3 Å². The lowest BCUT2D eigenvalue weighted by atomic mass is 9.67. The lowest BCUT2D eigenvalue weighted by Crippen LogP contribution is -2.72. The number of nitro benzene ring substituents is 1. The standard InChI is InChI=1S/C24H24N4O5/c1-15-6-5-7-17(12-15)27-22(30)24(21(29)25-23(27)31)14-16-13-18(28(32)33)9-10-19(16)26-11-4-2-3-8-20(24)26/h5-7,9-10,12-13,20H,2-4,8,11,14H2,1H3,(H,25,29,31)/t20-,24-/m0/s1. The zero-order valence-corrected chi connectivity index (χ0v) is 18.2. The van der Waals surface area contributed by atoms with E-state index in [1.54, 1.807) is 24.3 Å². The van der Waals surface area contributed by atoms with E-state index < -0.39 is 34.2 Å². The normalized spacial score (nSPS) is 24.8. The molecule has 0 unspecified atom stereocenters. The number of fused-ring (bicyclic) bond motifs is 4. The average molecular weight is 448 g/mol. The number of amides is 4. The van der Waals surface area contributed by atoms with Gasteiger partial charge in [0.2, 0.25) is 5.91 Å². The molecule has 2 atom stereocenters. The Morgan fingerprint density at radius 2 is 1.91 bits per heavy atom. The summed E-state index contributed by atoms with van der Waals surface area (Å²) in [5, 5.41) is 13.9. The van der Waals surface area contributed by atoms with Crippen molar-refractivity contribution in [3.05, 3.63) is 63.7 Å². The molecule has 9 heteroatoms. The van der Waals surface area contributed by atoms with Crippen LogP contribution in [0.4, 0.5) is 21.9 Å². The Balaban J connectivity index is 1.69. The summed E-state index contributed by atoms with van der Waals surface area (Å²) in [5.41, 5.74) is 1.02. The van der Waals surface area contributed by atoms with Crippen LogP contribution in [0.3, 0.4) is 0 Å². The molecular formula is C24H24N4O5. The number of nitrogens with zero attached hydrogens (tertiary/aromatic N) is 3. The number of non-ortho nitro benzene ring substituents is 1. The number of carbonyl (C=O) groups excluding carboxylic acids is 3. The maximum Gasteiger partial charge on any atom is 0.335 e. The highest BCUT2D eigenvalue weighted by Crippen LogP contribution is 2.48. The summed E-state index contributed by atoms with van der Waals surface area (Å²) in [7, 11) is 0. The third kappa shape index (κ3) is 3.18. The van der Waals surface area contributed by atoms with E-state index >= 15 is 0 Å². The zero-order valence-electron chi connectivity index (χ0n) is 18.2. The fourth-order valence-electron chi connectivity index (χ4n) is 5.54. The molecule has 1 N–H and O–H groups in total. The number of nitrogens with one attached hydrogen (secondary N) is 1. The van der Waals surface area contributed by atoms with Gasteiger partial charge in [0.15, 0.2) is 5.41 Å². The second kappa shape index (κ2) is 7.68. The molecule has 33 heavy (non-hydrogen) atoms. The molecule has 0 bridgehead atoms. The fourth-order valence-corrected chi connectivity index (χ4v) is 5.54. The van der Waals surface area contributed by atoms with E-state index in [4.69, 9.17) is 0 Å². The van der Waals surface area contributed by atoms with Crippen LogP contribution in [0.5, 0.6) is 0 Å². The lowest BCUT2D eigenvalue weighted by Gasteiger charge is -2.51. The van der Waals surface area contributed by atoms with Crippen molar-refractivity contribution in [2.45, 2.75) is 45.1 Å². The van der Waals surface area contributed by atoms with Gasteiger partial charge in [-0.1, -0.05) is 25.0 Å². The van der Waals surface area contributed by atoms with Gasteiger partial charge in [0, 0.05) is 30.8 Å². The second-order valence-electron chi connectivity index (χ2n) is 9.02. The molecular weight excluding hydrogens is 424 g/mol. The molecule has 0 radical (unpaired) electrons. The van der Waals surface area contributed by atoms with E-state index in [2.05, 4.69) is 10.2 Å². The zero-order chi connectivity index (χ0) is 23.3. The maximum absolute atomic E-state index is 14.1. The number of benzene rings is 2. The van der Waals surface area contributed by atoms with Crippen LogP contribution in [-0.4, -0.2) is 35.4 Å². The Morgan fingerprint density at radius 1 is 1.09 bits per heavy atom. The van der Waals surface area contributed by atoms with Gasteiger partial charge in [0.05, 0.1) is 16.7 Å². The molecule has 0 saturated carbocycles. The van der Waals surface area contributed by atoms with Crippen molar-refractivity contribution >= 4 is 34.9 Å². The molecule has 3 aliphatic rings. The third-order valence-corrected chi connectivity index (χ3v) is 7.05. The molecule has 0 aromatic heterocycles. The number of aryl methyl sites for hydroxylation is 1. The molecule has 2 aromatic carbocycles. The van der Waals surface area contributed by atoms with E-state index in [0.717, 1.165) is 35.4 Å². The first-order valence-electron chi connectivity index (χ1n) is 11.1. The minimum absolute atomic E-state index is 0.00540. The van der Waals surface area contributed by atoms with Crippen molar-refractivity contribution in [3.8, 4) is 0 Å². The van der Waals surface area contributed by atoms with Crippen LogP contribution in [0, 0.1) is 22.5 Å². The fraction of sp³-hybridized carbons (Fsp3) is 0.375. The predicted molar refractivity (Wildman–Crippen MR) is 121 cm³/mol. The van der Waals surface area contributed by atoms with E-state index in [0.29, 0.717) is 24.2 Å². The highest BCUT2D eigenvalue weighted by Gasteiger charge is 2.62. The molecule has 2 saturated heterocycles. The van der Waals surface area contributed by atoms with E-state index in [-0.39, 0.29) is 12.1 Å². The maximum atomic E-state index is 14.1. The first-order chi connectivity index (χ1) is 15.8. The summed E-state index contributed by atoms with van der Waals surface area (Å²) < 4.78 is 0. The van der Waals surface area contributed by atoms with E-state index in [1.807, 2.05) is 13.0 Å². The third-order valence-electron chi connectivity index (χ3n) is 7.05. The van der Waals surface area contributed by atoms with Crippen LogP contribution in [0.2, 0.25) is 0 Å². The second-order valence-corrected chi connectivity index (χ2v) is 9.02. The summed E-state index contributed by atoms with van der Waals surface area (Å²) in [6, 6.07) is 10.4. The molecule has 2 aromatic rings. The van der Waals surface area contributed by atoms with Gasteiger partial charge in [0.25, 0.3) is 11.6 Å². The molecule has 1 spiro atoms. The summed E-state index contributed by atoms with van der Waals surface area (Å²) >= 11 is 0.